The number of carbonyl (C=O) groups excluding carboxylic acids is 1. The molecule has 0 saturated heterocycles. The molecule has 0 aliphatic heterocycles. The van der Waals surface area contributed by atoms with Crippen LogP contribution in [0.15, 0.2) is 24.3 Å². The summed E-state index contributed by atoms with van der Waals surface area (Å²) in [5, 5.41) is 9.03. The maximum atomic E-state index is 11.1. The number of aliphatic hydroxyl groups is 1. The van der Waals surface area contributed by atoms with Gasteiger partial charge in [-0.25, -0.2) is 0 Å². The van der Waals surface area contributed by atoms with Crippen molar-refractivity contribution < 1.29 is 42.3 Å². The monoisotopic (exact) mass is 468 g/mol. The summed E-state index contributed by atoms with van der Waals surface area (Å²) < 4.78 is 11.3. The second kappa shape index (κ2) is 9.48. The van der Waals surface area contributed by atoms with Crippen LogP contribution in [-0.2, 0) is 37.2 Å². The van der Waals surface area contributed by atoms with Crippen LogP contribution in [0.3, 0.4) is 0 Å². The molecule has 1 N–H and O–H groups in total. The molecule has 0 aromatic heterocycles. The van der Waals surface area contributed by atoms with Gasteiger partial charge in [-0.15, -0.1) is 0 Å². The van der Waals surface area contributed by atoms with Crippen molar-refractivity contribution in [1.82, 2.24) is 0 Å². The van der Waals surface area contributed by atoms with Crippen molar-refractivity contribution >= 4 is 5.97 Å². The van der Waals surface area contributed by atoms with Crippen LogP contribution in [0.2, 0.25) is 3.43 Å². The van der Waals surface area contributed by atoms with E-state index in [1.54, 1.807) is 7.11 Å². The molecule has 0 spiro atoms. The molecule has 0 bridgehead atoms. The van der Waals surface area contributed by atoms with Crippen molar-refractivity contribution in [3.05, 3.63) is 35.4 Å². The van der Waals surface area contributed by atoms with E-state index >= 15 is 0 Å². The van der Waals surface area contributed by atoms with Gasteiger partial charge in [-0.1, -0.05) is 0 Å². The zero-order valence-electron chi connectivity index (χ0n) is 12.5. The van der Waals surface area contributed by atoms with Gasteiger partial charge in [0.2, 0.25) is 0 Å². The zero-order chi connectivity index (χ0) is 15.0. The van der Waals surface area contributed by atoms with Crippen LogP contribution in [0.1, 0.15) is 37.0 Å². The summed E-state index contributed by atoms with van der Waals surface area (Å²) >= 11 is -1.85. The molecule has 0 amide bonds. The van der Waals surface area contributed by atoms with Gasteiger partial charge in [0.25, 0.3) is 0 Å². The minimum atomic E-state index is -1.85. The molecule has 1 aromatic rings. The molecule has 0 saturated carbocycles. The predicted octanol–water partition coefficient (Wildman–Crippen LogP) is 2.80. The predicted molar refractivity (Wildman–Crippen MR) is 72.8 cm³/mol. The Hall–Kier alpha value is -0.455. The minimum absolute atomic E-state index is 0.0387. The average molecular weight is 467 g/mol. The Morgan fingerprint density at radius 1 is 1.35 bits per heavy atom. The van der Waals surface area contributed by atoms with E-state index in [4.69, 9.17) is 12.5 Å². The molecular weight excluding hydrogens is 445 g/mol. The van der Waals surface area contributed by atoms with Gasteiger partial charge in [0, 0.05) is 0 Å². The summed E-state index contributed by atoms with van der Waals surface area (Å²) in [6, 6.07) is 8.26. The Balaban J connectivity index is 2.82. The molecule has 0 fully saturated rings. The number of aryl methyl sites for hydroxylation is 1. The fraction of sp³-hybridized carbons (Fsp3) is 0.533. The van der Waals surface area contributed by atoms with Gasteiger partial charge < -0.3 is 0 Å². The first kappa shape index (κ1) is 17.6. The summed E-state index contributed by atoms with van der Waals surface area (Å²) in [5.74, 6) is -0.195. The number of ether oxygens (including phenoxy) is 1. The van der Waals surface area contributed by atoms with Crippen LogP contribution >= 0.6 is 0 Å². The third-order valence-corrected chi connectivity index (χ3v) is 10.5. The van der Waals surface area contributed by atoms with E-state index in [1.807, 2.05) is 6.92 Å². The molecule has 20 heavy (non-hydrogen) atoms. The number of hydrogen-bond acceptors (Lipinski definition) is 4. The van der Waals surface area contributed by atoms with E-state index in [0.29, 0.717) is 0 Å². The van der Waals surface area contributed by atoms with Crippen molar-refractivity contribution in [3.63, 3.8) is 0 Å². The Morgan fingerprint density at radius 2 is 2.00 bits per heavy atom. The van der Waals surface area contributed by atoms with Crippen LogP contribution in [0.25, 0.3) is 0 Å². The first-order valence-electron chi connectivity index (χ1n) is 6.92. The van der Waals surface area contributed by atoms with Gasteiger partial charge >= 0.3 is 134 Å². The third-order valence-electron chi connectivity index (χ3n) is 3.32. The van der Waals surface area contributed by atoms with E-state index in [0.717, 1.165) is 18.4 Å². The van der Waals surface area contributed by atoms with Crippen LogP contribution < -0.4 is 0 Å². The molecular formula is C15H22HgO4. The first-order valence-corrected chi connectivity index (χ1v) is 12.3. The Bertz CT molecular complexity index is 405. The first-order chi connectivity index (χ1) is 9.58. The molecule has 108 valence electrons. The van der Waals surface area contributed by atoms with E-state index in [1.165, 1.54) is 12.5 Å². The molecule has 1 aromatic carbocycles. The van der Waals surface area contributed by atoms with E-state index in [-0.39, 0.29) is 22.1 Å². The summed E-state index contributed by atoms with van der Waals surface area (Å²) in [5.41, 5.74) is 2.33. The SMILES string of the molecule is COC(c1ccc(C)cc1)[CH](CCCO)[Hg][O]C(C)=O. The molecule has 1 rings (SSSR count). The topological polar surface area (TPSA) is 55.8 Å². The van der Waals surface area contributed by atoms with Gasteiger partial charge in [-0.3, -0.25) is 0 Å². The third kappa shape index (κ3) is 5.89. The second-order valence-corrected chi connectivity index (χ2v) is 11.5. The summed E-state index contributed by atoms with van der Waals surface area (Å²) in [7, 11) is 1.69. The van der Waals surface area contributed by atoms with Gasteiger partial charge in [-0.2, -0.15) is 0 Å². The fourth-order valence-electron chi connectivity index (χ4n) is 2.26. The van der Waals surface area contributed by atoms with E-state index < -0.39 is 25.0 Å². The number of benzene rings is 1. The average Bonchev–Trinajstić information content (AvgIpc) is 2.43. The van der Waals surface area contributed by atoms with Gasteiger partial charge in [0.15, 0.2) is 0 Å². The quantitative estimate of drug-likeness (QED) is 0.599. The molecule has 0 aliphatic carbocycles. The maximum absolute atomic E-state index is 11.1. The van der Waals surface area contributed by atoms with Crippen LogP contribution in [-0.4, -0.2) is 24.8 Å². The summed E-state index contributed by atoms with van der Waals surface area (Å²) in [6.07, 6.45) is 1.53. The standard InChI is InChI=1S/C13H19O2.C2H4O2.Hg/c1-11-6-8-12(9-7-11)13(15-2)5-3-4-10-14;1-2(3)4;/h5-9,13-14H,3-4,10H2,1-2H3;1H3,(H,3,4);/q;;+1/p-1. The molecule has 0 radical (unpaired) electrons. The van der Waals surface area contributed by atoms with E-state index in [9.17, 15) is 4.79 Å². The molecule has 5 heteroatoms. The Morgan fingerprint density at radius 3 is 2.50 bits per heavy atom. The van der Waals surface area contributed by atoms with Crippen LogP contribution in [0, 0.1) is 6.92 Å². The second-order valence-electron chi connectivity index (χ2n) is 5.00. The van der Waals surface area contributed by atoms with Crippen molar-refractivity contribution in [1.29, 1.82) is 0 Å². The number of hydrogen-bond donors (Lipinski definition) is 1. The van der Waals surface area contributed by atoms with Crippen molar-refractivity contribution in [3.8, 4) is 0 Å². The molecule has 2 unspecified atom stereocenters. The number of aliphatic hydroxyl groups excluding tert-OH is 1. The van der Waals surface area contributed by atoms with Gasteiger partial charge in [0.1, 0.15) is 0 Å². The van der Waals surface area contributed by atoms with Gasteiger partial charge in [-0.05, 0) is 0 Å². The molecule has 0 aliphatic rings. The van der Waals surface area contributed by atoms with Crippen LogP contribution in [0.5, 0.6) is 0 Å². The zero-order valence-corrected chi connectivity index (χ0v) is 18.0. The van der Waals surface area contributed by atoms with E-state index in [2.05, 4.69) is 24.3 Å². The molecule has 2 atom stereocenters. The van der Waals surface area contributed by atoms with Gasteiger partial charge in [0.05, 0.1) is 0 Å². The summed E-state index contributed by atoms with van der Waals surface area (Å²) in [6.45, 7) is 3.67. The number of rotatable bonds is 8. The Labute approximate surface area is 133 Å². The normalized spacial score (nSPS) is 13.4. The Kier molecular flexibility index (Phi) is 8.34. The molecule has 0 heterocycles. The van der Waals surface area contributed by atoms with Crippen molar-refractivity contribution in [2.24, 2.45) is 0 Å². The molecule has 4 nitrogen and oxygen atoms in total. The fourth-order valence-corrected chi connectivity index (χ4v) is 8.26. The van der Waals surface area contributed by atoms with Crippen LogP contribution in [0.4, 0.5) is 0 Å². The van der Waals surface area contributed by atoms with Crippen molar-refractivity contribution in [2.45, 2.75) is 36.2 Å². The van der Waals surface area contributed by atoms with Crippen molar-refractivity contribution in [2.75, 3.05) is 13.7 Å². The number of carbonyl (C=O) groups is 1. The summed E-state index contributed by atoms with van der Waals surface area (Å²) in [4.78, 5) is 11.1. The number of methoxy groups -OCH3 is 1.